The van der Waals surface area contributed by atoms with Crippen molar-refractivity contribution in [1.29, 1.82) is 0 Å². The lowest BCUT2D eigenvalue weighted by Gasteiger charge is -2.14. The Balaban J connectivity index is 2.44. The number of nitro groups is 1. The Hall–Kier alpha value is -2.90. The number of hydrogen-bond acceptors (Lipinski definition) is 7. The van der Waals surface area contributed by atoms with Crippen LogP contribution in [0.25, 0.3) is 0 Å². The summed E-state index contributed by atoms with van der Waals surface area (Å²) < 4.78 is 0. The van der Waals surface area contributed by atoms with E-state index in [9.17, 15) is 10.1 Å². The first-order valence-corrected chi connectivity index (χ1v) is 7.74. The second kappa shape index (κ2) is 7.12. The van der Waals surface area contributed by atoms with Gasteiger partial charge in [-0.2, -0.15) is 9.97 Å². The van der Waals surface area contributed by atoms with Crippen LogP contribution in [0.1, 0.15) is 31.4 Å². The topological polar surface area (TPSA) is 119 Å². The summed E-state index contributed by atoms with van der Waals surface area (Å²) in [7, 11) is 0. The Kier molecular flexibility index (Phi) is 5.18. The summed E-state index contributed by atoms with van der Waals surface area (Å²) in [6.45, 7) is 7.95. The van der Waals surface area contributed by atoms with E-state index in [-0.39, 0.29) is 29.3 Å². The first-order chi connectivity index (χ1) is 11.3. The molecule has 1 unspecified atom stereocenters. The van der Waals surface area contributed by atoms with E-state index in [4.69, 9.17) is 5.73 Å². The minimum Gasteiger partial charge on any atom is -0.378 e. The summed E-state index contributed by atoms with van der Waals surface area (Å²) in [5.41, 5.74) is 8.35. The second-order valence-electron chi connectivity index (χ2n) is 5.76. The van der Waals surface area contributed by atoms with Gasteiger partial charge in [-0.1, -0.05) is 13.0 Å². The number of nitrogen functional groups attached to an aromatic ring is 1. The van der Waals surface area contributed by atoms with Crippen LogP contribution < -0.4 is 16.4 Å². The second-order valence-corrected chi connectivity index (χ2v) is 5.76. The molecule has 1 heterocycles. The normalized spacial score (nSPS) is 11.8. The number of nitrogens with one attached hydrogen (secondary N) is 2. The van der Waals surface area contributed by atoms with Crippen LogP contribution in [0.3, 0.4) is 0 Å². The number of nitrogens with two attached hydrogens (primary N) is 1. The van der Waals surface area contributed by atoms with Crippen molar-refractivity contribution in [2.75, 3.05) is 16.4 Å². The van der Waals surface area contributed by atoms with E-state index in [2.05, 4.69) is 20.6 Å². The Bertz CT molecular complexity index is 762. The molecule has 2 aromatic rings. The SMILES string of the molecule is CCC(C)Nc1nc(N)c([N+](=O)[O-])c(Nc2ccc(C)c(C)c2)n1. The molecule has 128 valence electrons. The van der Waals surface area contributed by atoms with Gasteiger partial charge in [0.2, 0.25) is 17.6 Å². The molecule has 24 heavy (non-hydrogen) atoms. The molecule has 0 radical (unpaired) electrons. The molecule has 1 aromatic heterocycles. The molecular weight excluding hydrogens is 308 g/mol. The lowest BCUT2D eigenvalue weighted by Crippen LogP contribution is -2.17. The average molecular weight is 330 g/mol. The van der Waals surface area contributed by atoms with Gasteiger partial charge in [0.1, 0.15) is 0 Å². The first-order valence-electron chi connectivity index (χ1n) is 7.74. The number of hydrogen-bond donors (Lipinski definition) is 3. The molecule has 0 aliphatic carbocycles. The van der Waals surface area contributed by atoms with Gasteiger partial charge in [0, 0.05) is 11.7 Å². The Morgan fingerprint density at radius 1 is 1.29 bits per heavy atom. The van der Waals surface area contributed by atoms with Gasteiger partial charge in [0.05, 0.1) is 4.92 Å². The van der Waals surface area contributed by atoms with E-state index in [1.807, 2.05) is 45.9 Å². The summed E-state index contributed by atoms with van der Waals surface area (Å²) in [5.74, 6) is 0.160. The van der Waals surface area contributed by atoms with Gasteiger partial charge in [0.15, 0.2) is 0 Å². The van der Waals surface area contributed by atoms with Crippen molar-refractivity contribution >= 4 is 29.0 Å². The maximum absolute atomic E-state index is 11.3. The fraction of sp³-hybridized carbons (Fsp3) is 0.375. The molecule has 0 aliphatic heterocycles. The highest BCUT2D eigenvalue weighted by Crippen LogP contribution is 2.32. The molecule has 0 spiro atoms. The molecule has 0 bridgehead atoms. The molecule has 0 amide bonds. The van der Waals surface area contributed by atoms with Crippen molar-refractivity contribution in [3.8, 4) is 0 Å². The van der Waals surface area contributed by atoms with Gasteiger partial charge in [-0.25, -0.2) is 0 Å². The van der Waals surface area contributed by atoms with E-state index >= 15 is 0 Å². The molecule has 1 aromatic carbocycles. The van der Waals surface area contributed by atoms with E-state index < -0.39 is 4.92 Å². The van der Waals surface area contributed by atoms with Crippen molar-refractivity contribution in [2.45, 2.75) is 40.2 Å². The van der Waals surface area contributed by atoms with Crippen molar-refractivity contribution in [1.82, 2.24) is 9.97 Å². The predicted octanol–water partition coefficient (Wildman–Crippen LogP) is 3.54. The summed E-state index contributed by atoms with van der Waals surface area (Å²) in [4.78, 5) is 19.0. The number of anilines is 4. The third kappa shape index (κ3) is 3.89. The quantitative estimate of drug-likeness (QED) is 0.547. The van der Waals surface area contributed by atoms with Crippen LogP contribution >= 0.6 is 0 Å². The third-order valence-corrected chi connectivity index (χ3v) is 3.85. The fourth-order valence-corrected chi connectivity index (χ4v) is 2.08. The van der Waals surface area contributed by atoms with Crippen molar-refractivity contribution in [3.05, 3.63) is 39.4 Å². The zero-order valence-corrected chi connectivity index (χ0v) is 14.3. The largest absolute Gasteiger partial charge is 0.378 e. The minimum atomic E-state index is -0.578. The summed E-state index contributed by atoms with van der Waals surface area (Å²) in [6.07, 6.45) is 0.861. The van der Waals surface area contributed by atoms with E-state index in [1.165, 1.54) is 0 Å². The number of rotatable bonds is 6. The van der Waals surface area contributed by atoms with Gasteiger partial charge >= 0.3 is 5.69 Å². The zero-order chi connectivity index (χ0) is 17.9. The highest BCUT2D eigenvalue weighted by Gasteiger charge is 2.23. The molecule has 0 saturated carbocycles. The van der Waals surface area contributed by atoms with Crippen molar-refractivity contribution in [2.24, 2.45) is 0 Å². The predicted molar refractivity (Wildman–Crippen MR) is 95.7 cm³/mol. The van der Waals surface area contributed by atoms with Gasteiger partial charge in [-0.05, 0) is 50.5 Å². The van der Waals surface area contributed by atoms with Crippen LogP contribution in [0.4, 0.5) is 29.0 Å². The van der Waals surface area contributed by atoms with Crippen molar-refractivity contribution < 1.29 is 4.92 Å². The van der Waals surface area contributed by atoms with Crippen LogP contribution in [0, 0.1) is 24.0 Å². The van der Waals surface area contributed by atoms with Gasteiger partial charge in [0.25, 0.3) is 0 Å². The highest BCUT2D eigenvalue weighted by atomic mass is 16.6. The molecule has 4 N–H and O–H groups in total. The Morgan fingerprint density at radius 3 is 2.58 bits per heavy atom. The molecule has 2 rings (SSSR count). The van der Waals surface area contributed by atoms with Crippen LogP contribution in [-0.2, 0) is 0 Å². The van der Waals surface area contributed by atoms with Crippen LogP contribution in [0.15, 0.2) is 18.2 Å². The number of aryl methyl sites for hydroxylation is 2. The molecule has 0 saturated heterocycles. The average Bonchev–Trinajstić information content (AvgIpc) is 2.50. The number of nitrogens with zero attached hydrogens (tertiary/aromatic N) is 3. The van der Waals surface area contributed by atoms with Crippen LogP contribution in [0.5, 0.6) is 0 Å². The lowest BCUT2D eigenvalue weighted by molar-refractivity contribution is -0.383. The zero-order valence-electron chi connectivity index (χ0n) is 14.3. The first kappa shape index (κ1) is 17.5. The van der Waals surface area contributed by atoms with Gasteiger partial charge in [-0.15, -0.1) is 0 Å². The maximum atomic E-state index is 11.3. The molecule has 1 atom stereocenters. The lowest BCUT2D eigenvalue weighted by atomic mass is 10.1. The van der Waals surface area contributed by atoms with Crippen LogP contribution in [0.2, 0.25) is 0 Å². The Labute approximate surface area is 140 Å². The minimum absolute atomic E-state index is 0.0709. The van der Waals surface area contributed by atoms with E-state index in [0.29, 0.717) is 5.69 Å². The summed E-state index contributed by atoms with van der Waals surface area (Å²) in [6, 6.07) is 5.80. The smallest absolute Gasteiger partial charge is 0.353 e. The standard InChI is InChI=1S/C16H22N6O2/c1-5-11(4)18-16-20-14(17)13(22(23)24)15(21-16)19-12-7-6-9(2)10(3)8-12/h6-8,11H,5H2,1-4H3,(H4,17,18,19,20,21). The summed E-state index contributed by atoms with van der Waals surface area (Å²) in [5, 5.41) is 17.4. The van der Waals surface area contributed by atoms with Gasteiger partial charge in [-0.3, -0.25) is 10.1 Å². The van der Waals surface area contributed by atoms with Crippen molar-refractivity contribution in [3.63, 3.8) is 0 Å². The maximum Gasteiger partial charge on any atom is 0.353 e. The Morgan fingerprint density at radius 2 is 2.00 bits per heavy atom. The third-order valence-electron chi connectivity index (χ3n) is 3.85. The number of aromatic nitrogens is 2. The van der Waals surface area contributed by atoms with E-state index in [0.717, 1.165) is 17.5 Å². The van der Waals surface area contributed by atoms with E-state index in [1.54, 1.807) is 0 Å². The highest BCUT2D eigenvalue weighted by molar-refractivity contribution is 5.74. The molecular formula is C16H22N6O2. The monoisotopic (exact) mass is 330 g/mol. The molecule has 0 fully saturated rings. The fourth-order valence-electron chi connectivity index (χ4n) is 2.08. The number of benzene rings is 1. The molecule has 8 nitrogen and oxygen atoms in total. The van der Waals surface area contributed by atoms with Gasteiger partial charge < -0.3 is 16.4 Å². The van der Waals surface area contributed by atoms with Crippen LogP contribution in [-0.4, -0.2) is 20.9 Å². The summed E-state index contributed by atoms with van der Waals surface area (Å²) >= 11 is 0. The molecule has 0 aliphatic rings. The molecule has 8 heteroatoms.